The standard InChI is InChI=1S/C24H26O3/c1-5-27-23(25)20(15-9-7-6-8-10-15)21-18-12-11-17(26-4)13-16(18)14-19-22(21)24(19,2)3/h6-13,19,22H,5,14H2,1-4H3/b21-20-/t19-,22-/m1/s1. The lowest BCUT2D eigenvalue weighted by molar-refractivity contribution is -0.136. The zero-order valence-corrected chi connectivity index (χ0v) is 16.4. The van der Waals surface area contributed by atoms with Crippen molar-refractivity contribution in [3.63, 3.8) is 0 Å². The Morgan fingerprint density at radius 3 is 2.56 bits per heavy atom. The molecule has 2 aromatic rings. The van der Waals surface area contributed by atoms with E-state index < -0.39 is 0 Å². The third kappa shape index (κ3) is 2.86. The van der Waals surface area contributed by atoms with Gasteiger partial charge in [0, 0.05) is 0 Å². The van der Waals surface area contributed by atoms with Crippen LogP contribution in [0.15, 0.2) is 48.5 Å². The van der Waals surface area contributed by atoms with Crippen LogP contribution < -0.4 is 4.74 Å². The number of hydrogen-bond acceptors (Lipinski definition) is 3. The molecule has 2 aliphatic carbocycles. The molecule has 0 bridgehead atoms. The van der Waals surface area contributed by atoms with Crippen LogP contribution in [-0.4, -0.2) is 19.7 Å². The molecular formula is C24H26O3. The van der Waals surface area contributed by atoms with Crippen LogP contribution in [0.25, 0.3) is 11.1 Å². The van der Waals surface area contributed by atoms with Gasteiger partial charge >= 0.3 is 5.97 Å². The normalized spacial score (nSPS) is 23.7. The highest BCUT2D eigenvalue weighted by molar-refractivity contribution is 6.25. The van der Waals surface area contributed by atoms with Gasteiger partial charge in [-0.3, -0.25) is 0 Å². The second-order valence-electron chi connectivity index (χ2n) is 8.01. The summed E-state index contributed by atoms with van der Waals surface area (Å²) in [7, 11) is 1.69. The molecule has 2 atom stereocenters. The third-order valence-electron chi connectivity index (χ3n) is 6.22. The van der Waals surface area contributed by atoms with Gasteiger partial charge in [-0.25, -0.2) is 4.79 Å². The van der Waals surface area contributed by atoms with Crippen molar-refractivity contribution in [2.45, 2.75) is 27.2 Å². The first kappa shape index (κ1) is 17.8. The van der Waals surface area contributed by atoms with Crippen LogP contribution in [0.2, 0.25) is 0 Å². The molecule has 4 rings (SSSR count). The second-order valence-corrected chi connectivity index (χ2v) is 8.01. The molecule has 27 heavy (non-hydrogen) atoms. The molecule has 0 aliphatic heterocycles. The van der Waals surface area contributed by atoms with Gasteiger partial charge in [-0.05, 0) is 65.0 Å². The summed E-state index contributed by atoms with van der Waals surface area (Å²) in [6.45, 7) is 6.84. The molecule has 140 valence electrons. The quantitative estimate of drug-likeness (QED) is 0.567. The number of carbonyl (C=O) groups is 1. The predicted octanol–water partition coefficient (Wildman–Crippen LogP) is 5.00. The Morgan fingerprint density at radius 1 is 1.15 bits per heavy atom. The van der Waals surface area contributed by atoms with Gasteiger partial charge in [-0.15, -0.1) is 0 Å². The van der Waals surface area contributed by atoms with E-state index in [2.05, 4.69) is 26.0 Å². The highest BCUT2D eigenvalue weighted by Crippen LogP contribution is 2.69. The van der Waals surface area contributed by atoms with Crippen molar-refractivity contribution in [3.8, 4) is 5.75 Å². The summed E-state index contributed by atoms with van der Waals surface area (Å²) < 4.78 is 10.9. The maximum Gasteiger partial charge on any atom is 0.339 e. The first-order chi connectivity index (χ1) is 13.0. The van der Waals surface area contributed by atoms with Gasteiger partial charge in [-0.1, -0.05) is 50.2 Å². The Hall–Kier alpha value is -2.55. The van der Waals surface area contributed by atoms with Crippen molar-refractivity contribution >= 4 is 17.1 Å². The molecule has 1 fully saturated rings. The first-order valence-electron chi connectivity index (χ1n) is 9.63. The summed E-state index contributed by atoms with van der Waals surface area (Å²) in [5.41, 5.74) is 5.37. The van der Waals surface area contributed by atoms with Gasteiger partial charge in [0.15, 0.2) is 0 Å². The highest BCUT2D eigenvalue weighted by Gasteiger charge is 2.62. The van der Waals surface area contributed by atoms with E-state index in [9.17, 15) is 4.79 Å². The van der Waals surface area contributed by atoms with Crippen LogP contribution in [0, 0.1) is 17.3 Å². The van der Waals surface area contributed by atoms with Crippen LogP contribution in [0.1, 0.15) is 37.5 Å². The average molecular weight is 362 g/mol. The Kier molecular flexibility index (Phi) is 4.33. The van der Waals surface area contributed by atoms with E-state index in [1.54, 1.807) is 7.11 Å². The highest BCUT2D eigenvalue weighted by atomic mass is 16.5. The minimum absolute atomic E-state index is 0.175. The SMILES string of the molecule is CCOC(=O)/C(=C1/c2ccc(OC)cc2C[C@@H]2[C@H]1C2(C)C)c1ccccc1. The van der Waals surface area contributed by atoms with Gasteiger partial charge in [0.05, 0.1) is 19.3 Å². The van der Waals surface area contributed by atoms with Crippen molar-refractivity contribution in [1.82, 2.24) is 0 Å². The van der Waals surface area contributed by atoms with E-state index >= 15 is 0 Å². The molecule has 0 saturated heterocycles. The molecule has 3 heteroatoms. The van der Waals surface area contributed by atoms with Crippen molar-refractivity contribution in [2.75, 3.05) is 13.7 Å². The third-order valence-corrected chi connectivity index (χ3v) is 6.22. The zero-order chi connectivity index (χ0) is 19.2. The largest absolute Gasteiger partial charge is 0.497 e. The Balaban J connectivity index is 1.98. The van der Waals surface area contributed by atoms with E-state index in [1.807, 2.05) is 43.3 Å². The van der Waals surface area contributed by atoms with Gasteiger partial charge in [-0.2, -0.15) is 0 Å². The van der Waals surface area contributed by atoms with Gasteiger partial charge in [0.25, 0.3) is 0 Å². The first-order valence-corrected chi connectivity index (χ1v) is 9.63. The van der Waals surface area contributed by atoms with Crippen molar-refractivity contribution in [1.29, 1.82) is 0 Å². The lowest BCUT2D eigenvalue weighted by atomic mass is 9.82. The van der Waals surface area contributed by atoms with Crippen LogP contribution in [0.4, 0.5) is 0 Å². The molecule has 1 saturated carbocycles. The van der Waals surface area contributed by atoms with Crippen LogP contribution in [0.5, 0.6) is 5.75 Å². The Bertz CT molecular complexity index is 908. The summed E-state index contributed by atoms with van der Waals surface area (Å²) >= 11 is 0. The van der Waals surface area contributed by atoms with Gasteiger partial charge < -0.3 is 9.47 Å². The van der Waals surface area contributed by atoms with Gasteiger partial charge in [0.2, 0.25) is 0 Å². The lowest BCUT2D eigenvalue weighted by Gasteiger charge is -2.23. The number of carbonyl (C=O) groups excluding carboxylic acids is 1. The molecule has 0 spiro atoms. The van der Waals surface area contributed by atoms with E-state index in [0.717, 1.165) is 28.9 Å². The fourth-order valence-electron chi connectivity index (χ4n) is 4.71. The monoisotopic (exact) mass is 362 g/mol. The number of hydrogen-bond donors (Lipinski definition) is 0. The number of rotatable bonds is 4. The minimum Gasteiger partial charge on any atom is -0.497 e. The lowest BCUT2D eigenvalue weighted by Crippen LogP contribution is -2.14. The molecule has 0 N–H and O–H groups in total. The van der Waals surface area contributed by atoms with E-state index in [4.69, 9.17) is 9.47 Å². The number of methoxy groups -OCH3 is 1. The minimum atomic E-state index is -0.233. The zero-order valence-electron chi connectivity index (χ0n) is 16.4. The maximum atomic E-state index is 13.0. The maximum absolute atomic E-state index is 13.0. The van der Waals surface area contributed by atoms with Crippen LogP contribution in [-0.2, 0) is 16.0 Å². The summed E-state index contributed by atoms with van der Waals surface area (Å²) in [5, 5.41) is 0. The summed E-state index contributed by atoms with van der Waals surface area (Å²) in [6.07, 6.45) is 1.03. The molecule has 0 radical (unpaired) electrons. The van der Waals surface area contributed by atoms with E-state index in [1.165, 1.54) is 5.56 Å². The molecule has 0 amide bonds. The predicted molar refractivity (Wildman–Crippen MR) is 107 cm³/mol. The molecule has 2 aromatic carbocycles. The van der Waals surface area contributed by atoms with E-state index in [0.29, 0.717) is 24.0 Å². The molecule has 3 nitrogen and oxygen atoms in total. The van der Waals surface area contributed by atoms with Gasteiger partial charge in [0.1, 0.15) is 5.75 Å². The molecular weight excluding hydrogens is 336 g/mol. The second kappa shape index (κ2) is 6.56. The molecule has 0 unspecified atom stereocenters. The molecule has 2 aliphatic rings. The van der Waals surface area contributed by atoms with Crippen LogP contribution in [0.3, 0.4) is 0 Å². The summed E-state index contributed by atoms with van der Waals surface area (Å²) in [4.78, 5) is 13.0. The van der Waals surface area contributed by atoms with E-state index in [-0.39, 0.29) is 11.4 Å². The van der Waals surface area contributed by atoms with Crippen molar-refractivity contribution in [2.24, 2.45) is 17.3 Å². The number of allylic oxidation sites excluding steroid dienone is 1. The van der Waals surface area contributed by atoms with Crippen molar-refractivity contribution in [3.05, 3.63) is 65.2 Å². The number of fused-ring (bicyclic) bond motifs is 2. The number of benzene rings is 2. The average Bonchev–Trinajstić information content (AvgIpc) is 3.22. The topological polar surface area (TPSA) is 35.5 Å². The molecule has 0 heterocycles. The Labute approximate surface area is 161 Å². The summed E-state index contributed by atoms with van der Waals surface area (Å²) in [5.74, 6) is 1.55. The number of ether oxygens (including phenoxy) is 2. The number of esters is 1. The fourth-order valence-corrected chi connectivity index (χ4v) is 4.71. The smallest absolute Gasteiger partial charge is 0.339 e. The Morgan fingerprint density at radius 2 is 1.89 bits per heavy atom. The summed E-state index contributed by atoms with van der Waals surface area (Å²) in [6, 6.07) is 16.1. The molecule has 0 aromatic heterocycles. The fraction of sp³-hybridized carbons (Fsp3) is 0.375. The van der Waals surface area contributed by atoms with Crippen LogP contribution >= 0.6 is 0 Å². The van der Waals surface area contributed by atoms with Crippen molar-refractivity contribution < 1.29 is 14.3 Å².